The van der Waals surface area contributed by atoms with E-state index in [-0.39, 0.29) is 11.8 Å². The smallest absolute Gasteiger partial charge is 0.230 e. The zero-order chi connectivity index (χ0) is 14.7. The standard InChI is InChI=1S/C16H25N3O/c1-12(13-6-4-7-14(17)10-13)16(20)19-9-5-8-15(19)11-18(2)3/h4,6-7,10,12,15H,5,8-9,11,17H2,1-3H3. The van der Waals surface area contributed by atoms with Gasteiger partial charge in [0.1, 0.15) is 0 Å². The summed E-state index contributed by atoms with van der Waals surface area (Å²) < 4.78 is 0. The molecule has 0 radical (unpaired) electrons. The predicted octanol–water partition coefficient (Wildman–Crippen LogP) is 1.92. The Labute approximate surface area is 121 Å². The maximum absolute atomic E-state index is 12.7. The fourth-order valence-electron chi connectivity index (χ4n) is 2.96. The van der Waals surface area contributed by atoms with Crippen molar-refractivity contribution in [2.45, 2.75) is 31.7 Å². The Morgan fingerprint density at radius 3 is 2.90 bits per heavy atom. The highest BCUT2D eigenvalue weighted by molar-refractivity contribution is 5.84. The van der Waals surface area contributed by atoms with Crippen LogP contribution in [-0.2, 0) is 4.79 Å². The van der Waals surface area contributed by atoms with Gasteiger partial charge < -0.3 is 15.5 Å². The van der Waals surface area contributed by atoms with Crippen molar-refractivity contribution < 1.29 is 4.79 Å². The highest BCUT2D eigenvalue weighted by atomic mass is 16.2. The van der Waals surface area contributed by atoms with Gasteiger partial charge in [0.15, 0.2) is 0 Å². The highest BCUT2D eigenvalue weighted by Crippen LogP contribution is 2.25. The number of benzene rings is 1. The van der Waals surface area contributed by atoms with Crippen LogP contribution in [0.4, 0.5) is 5.69 Å². The van der Waals surface area contributed by atoms with E-state index >= 15 is 0 Å². The van der Waals surface area contributed by atoms with Crippen molar-refractivity contribution in [1.82, 2.24) is 9.80 Å². The van der Waals surface area contributed by atoms with Crippen molar-refractivity contribution in [3.63, 3.8) is 0 Å². The van der Waals surface area contributed by atoms with Crippen LogP contribution in [0.25, 0.3) is 0 Å². The first-order valence-corrected chi connectivity index (χ1v) is 7.29. The molecule has 4 heteroatoms. The molecule has 0 aliphatic carbocycles. The summed E-state index contributed by atoms with van der Waals surface area (Å²) in [5.74, 6) is 0.0983. The number of hydrogen-bond donors (Lipinski definition) is 1. The maximum Gasteiger partial charge on any atom is 0.230 e. The molecule has 1 aliphatic rings. The monoisotopic (exact) mass is 275 g/mol. The lowest BCUT2D eigenvalue weighted by atomic mass is 9.99. The molecule has 2 rings (SSSR count). The number of carbonyl (C=O) groups excluding carboxylic acids is 1. The van der Waals surface area contributed by atoms with Crippen molar-refractivity contribution in [3.05, 3.63) is 29.8 Å². The number of hydrogen-bond acceptors (Lipinski definition) is 3. The molecule has 1 aliphatic heterocycles. The van der Waals surface area contributed by atoms with E-state index in [1.807, 2.05) is 36.1 Å². The van der Waals surface area contributed by atoms with E-state index < -0.39 is 0 Å². The number of nitrogen functional groups attached to an aromatic ring is 1. The quantitative estimate of drug-likeness (QED) is 0.854. The number of rotatable bonds is 4. The van der Waals surface area contributed by atoms with Gasteiger partial charge in [-0.2, -0.15) is 0 Å². The maximum atomic E-state index is 12.7. The second-order valence-corrected chi connectivity index (χ2v) is 5.98. The number of anilines is 1. The molecule has 110 valence electrons. The number of likely N-dealkylation sites (tertiary alicyclic amines) is 1. The summed E-state index contributed by atoms with van der Waals surface area (Å²) in [5.41, 5.74) is 7.53. The van der Waals surface area contributed by atoms with Crippen LogP contribution in [0.5, 0.6) is 0 Å². The van der Waals surface area contributed by atoms with Gasteiger partial charge in [0.05, 0.1) is 5.92 Å². The molecule has 1 saturated heterocycles. The van der Waals surface area contributed by atoms with Crippen LogP contribution in [0.3, 0.4) is 0 Å². The molecule has 20 heavy (non-hydrogen) atoms. The van der Waals surface area contributed by atoms with Gasteiger partial charge in [0.2, 0.25) is 5.91 Å². The normalized spacial score (nSPS) is 20.4. The number of nitrogens with zero attached hydrogens (tertiary/aromatic N) is 2. The van der Waals surface area contributed by atoms with E-state index in [0.29, 0.717) is 11.7 Å². The van der Waals surface area contributed by atoms with Gasteiger partial charge in [-0.15, -0.1) is 0 Å². The summed E-state index contributed by atoms with van der Waals surface area (Å²) >= 11 is 0. The Morgan fingerprint density at radius 2 is 2.25 bits per heavy atom. The van der Waals surface area contributed by atoms with Crippen LogP contribution in [0.15, 0.2) is 24.3 Å². The first-order valence-electron chi connectivity index (χ1n) is 7.29. The third kappa shape index (κ3) is 3.31. The average Bonchev–Trinajstić information content (AvgIpc) is 2.84. The molecule has 0 saturated carbocycles. The summed E-state index contributed by atoms with van der Waals surface area (Å²) in [6, 6.07) is 8.00. The molecule has 2 N–H and O–H groups in total. The van der Waals surface area contributed by atoms with Crippen LogP contribution in [0.2, 0.25) is 0 Å². The molecule has 1 amide bonds. The molecule has 0 aromatic heterocycles. The molecule has 4 nitrogen and oxygen atoms in total. The van der Waals surface area contributed by atoms with E-state index in [1.165, 1.54) is 0 Å². The Bertz CT molecular complexity index is 473. The minimum Gasteiger partial charge on any atom is -0.399 e. The molecule has 0 bridgehead atoms. The first-order chi connectivity index (χ1) is 9.49. The zero-order valence-electron chi connectivity index (χ0n) is 12.7. The number of carbonyl (C=O) groups is 1. The first kappa shape index (κ1) is 14.9. The fourth-order valence-corrected chi connectivity index (χ4v) is 2.96. The van der Waals surface area contributed by atoms with E-state index in [0.717, 1.165) is 31.5 Å². The molecule has 1 heterocycles. The Balaban J connectivity index is 2.10. The minimum absolute atomic E-state index is 0.124. The molecular formula is C16H25N3O. The molecule has 1 aromatic carbocycles. The van der Waals surface area contributed by atoms with Crippen LogP contribution in [-0.4, -0.2) is 48.9 Å². The van der Waals surface area contributed by atoms with Crippen molar-refractivity contribution >= 4 is 11.6 Å². The van der Waals surface area contributed by atoms with Crippen molar-refractivity contribution in [2.24, 2.45) is 0 Å². The van der Waals surface area contributed by atoms with Crippen LogP contribution in [0, 0.1) is 0 Å². The van der Waals surface area contributed by atoms with Gasteiger partial charge in [-0.25, -0.2) is 0 Å². The summed E-state index contributed by atoms with van der Waals surface area (Å²) in [4.78, 5) is 16.9. The van der Waals surface area contributed by atoms with Crippen molar-refractivity contribution in [2.75, 3.05) is 32.9 Å². The van der Waals surface area contributed by atoms with E-state index in [2.05, 4.69) is 19.0 Å². The Morgan fingerprint density at radius 1 is 1.50 bits per heavy atom. The van der Waals surface area contributed by atoms with Crippen molar-refractivity contribution in [3.8, 4) is 0 Å². The summed E-state index contributed by atoms with van der Waals surface area (Å²) in [6.45, 7) is 3.79. The number of likely N-dealkylation sites (N-methyl/N-ethyl adjacent to an activating group) is 1. The third-order valence-corrected chi connectivity index (χ3v) is 4.02. The fraction of sp³-hybridized carbons (Fsp3) is 0.562. The second kappa shape index (κ2) is 6.27. The van der Waals surface area contributed by atoms with Crippen molar-refractivity contribution in [1.29, 1.82) is 0 Å². The van der Waals surface area contributed by atoms with Gasteiger partial charge in [-0.3, -0.25) is 4.79 Å². The van der Waals surface area contributed by atoms with Gasteiger partial charge >= 0.3 is 0 Å². The van der Waals surface area contributed by atoms with E-state index in [1.54, 1.807) is 0 Å². The second-order valence-electron chi connectivity index (χ2n) is 5.98. The summed E-state index contributed by atoms with van der Waals surface area (Å²) in [7, 11) is 4.12. The topological polar surface area (TPSA) is 49.6 Å². The van der Waals surface area contributed by atoms with Gasteiger partial charge in [-0.05, 0) is 51.6 Å². The summed E-state index contributed by atoms with van der Waals surface area (Å²) in [5, 5.41) is 0. The number of amides is 1. The van der Waals surface area contributed by atoms with Crippen LogP contribution >= 0.6 is 0 Å². The largest absolute Gasteiger partial charge is 0.399 e. The minimum atomic E-state index is -0.124. The molecule has 1 aromatic rings. The van der Waals surface area contributed by atoms with E-state index in [4.69, 9.17) is 5.73 Å². The van der Waals surface area contributed by atoms with Crippen LogP contribution < -0.4 is 5.73 Å². The lowest BCUT2D eigenvalue weighted by Crippen LogP contribution is -2.43. The zero-order valence-corrected chi connectivity index (χ0v) is 12.7. The third-order valence-electron chi connectivity index (χ3n) is 4.02. The average molecular weight is 275 g/mol. The highest BCUT2D eigenvalue weighted by Gasteiger charge is 2.32. The number of nitrogens with two attached hydrogens (primary N) is 1. The summed E-state index contributed by atoms with van der Waals surface area (Å²) in [6.07, 6.45) is 2.21. The van der Waals surface area contributed by atoms with Gasteiger partial charge in [-0.1, -0.05) is 12.1 Å². The molecule has 2 unspecified atom stereocenters. The predicted molar refractivity (Wildman–Crippen MR) is 82.6 cm³/mol. The lowest BCUT2D eigenvalue weighted by Gasteiger charge is -2.29. The lowest BCUT2D eigenvalue weighted by molar-refractivity contribution is -0.133. The van der Waals surface area contributed by atoms with Gasteiger partial charge in [0.25, 0.3) is 0 Å². The molecule has 2 atom stereocenters. The molecular weight excluding hydrogens is 250 g/mol. The SMILES string of the molecule is CC(C(=O)N1CCCC1CN(C)C)c1cccc(N)c1. The molecule has 1 fully saturated rings. The Hall–Kier alpha value is -1.55. The molecule has 0 spiro atoms. The Kier molecular flexibility index (Phi) is 4.65. The van der Waals surface area contributed by atoms with Crippen LogP contribution in [0.1, 0.15) is 31.2 Å². The van der Waals surface area contributed by atoms with E-state index in [9.17, 15) is 4.79 Å². The van der Waals surface area contributed by atoms with Gasteiger partial charge in [0, 0.05) is 24.8 Å².